The summed E-state index contributed by atoms with van der Waals surface area (Å²) in [7, 11) is 0. The standard InChI is InChI=1S/C27H31N3O3S/c1-20(2)21-8-10-24(11-9-21)34-26-13-12-25(28-29-26)30-16-14-22(15-17-30)27(31)33-19-18-32-23-6-4-3-5-7-23/h3-13,20,22H,14-19H2,1-2H3. The van der Waals surface area contributed by atoms with Gasteiger partial charge in [-0.15, -0.1) is 10.2 Å². The molecule has 178 valence electrons. The molecule has 1 aliphatic heterocycles. The summed E-state index contributed by atoms with van der Waals surface area (Å²) in [6.45, 7) is 6.53. The van der Waals surface area contributed by atoms with Gasteiger partial charge in [0.25, 0.3) is 0 Å². The van der Waals surface area contributed by atoms with Crippen LogP contribution in [0.25, 0.3) is 0 Å². The average Bonchev–Trinajstić information content (AvgIpc) is 2.88. The smallest absolute Gasteiger partial charge is 0.309 e. The third-order valence-corrected chi connectivity index (χ3v) is 6.82. The third kappa shape index (κ3) is 6.73. The maximum Gasteiger partial charge on any atom is 0.309 e. The second kappa shape index (κ2) is 11.9. The Bertz CT molecular complexity index is 1030. The van der Waals surface area contributed by atoms with Gasteiger partial charge in [-0.3, -0.25) is 4.79 Å². The lowest BCUT2D eigenvalue weighted by Gasteiger charge is -2.31. The molecular formula is C27H31N3O3S. The molecule has 0 N–H and O–H groups in total. The van der Waals surface area contributed by atoms with E-state index in [4.69, 9.17) is 9.47 Å². The normalized spacial score (nSPS) is 14.3. The summed E-state index contributed by atoms with van der Waals surface area (Å²) in [6.07, 6.45) is 1.50. The lowest BCUT2D eigenvalue weighted by molar-refractivity contribution is -0.150. The molecule has 0 bridgehead atoms. The molecule has 2 heterocycles. The van der Waals surface area contributed by atoms with Gasteiger partial charge in [0, 0.05) is 18.0 Å². The Kier molecular flexibility index (Phi) is 8.41. The maximum atomic E-state index is 12.4. The molecule has 2 aromatic carbocycles. The van der Waals surface area contributed by atoms with E-state index >= 15 is 0 Å². The summed E-state index contributed by atoms with van der Waals surface area (Å²) in [5, 5.41) is 9.70. The van der Waals surface area contributed by atoms with Crippen LogP contribution in [-0.2, 0) is 9.53 Å². The van der Waals surface area contributed by atoms with Gasteiger partial charge in [-0.05, 0) is 60.7 Å². The van der Waals surface area contributed by atoms with Crippen LogP contribution in [0, 0.1) is 5.92 Å². The van der Waals surface area contributed by atoms with Crippen molar-refractivity contribution in [2.45, 2.75) is 42.5 Å². The number of carbonyl (C=O) groups excluding carboxylic acids is 1. The summed E-state index contributed by atoms with van der Waals surface area (Å²) in [6, 6.07) is 22.2. The summed E-state index contributed by atoms with van der Waals surface area (Å²) in [4.78, 5) is 15.7. The van der Waals surface area contributed by atoms with Gasteiger partial charge in [0.15, 0.2) is 5.82 Å². The predicted octanol–water partition coefficient (Wildman–Crippen LogP) is 5.59. The minimum Gasteiger partial charge on any atom is -0.490 e. The summed E-state index contributed by atoms with van der Waals surface area (Å²) >= 11 is 1.61. The minimum absolute atomic E-state index is 0.0791. The average molecular weight is 478 g/mol. The molecule has 4 rings (SSSR count). The molecular weight excluding hydrogens is 446 g/mol. The zero-order valence-electron chi connectivity index (χ0n) is 19.7. The van der Waals surface area contributed by atoms with Crippen molar-refractivity contribution in [1.82, 2.24) is 10.2 Å². The Labute approximate surface area is 205 Å². The Balaban J connectivity index is 1.19. The molecule has 1 aromatic heterocycles. The van der Waals surface area contributed by atoms with Crippen LogP contribution in [0.4, 0.5) is 5.82 Å². The van der Waals surface area contributed by atoms with Gasteiger partial charge in [-0.1, -0.05) is 55.9 Å². The van der Waals surface area contributed by atoms with Crippen molar-refractivity contribution < 1.29 is 14.3 Å². The molecule has 0 spiro atoms. The van der Waals surface area contributed by atoms with Crippen molar-refractivity contribution in [2.75, 3.05) is 31.2 Å². The van der Waals surface area contributed by atoms with Crippen LogP contribution in [0.5, 0.6) is 5.75 Å². The molecule has 7 heteroatoms. The molecule has 0 aliphatic carbocycles. The van der Waals surface area contributed by atoms with Gasteiger partial charge >= 0.3 is 5.97 Å². The first kappa shape index (κ1) is 24.1. The van der Waals surface area contributed by atoms with E-state index in [-0.39, 0.29) is 18.5 Å². The van der Waals surface area contributed by atoms with Gasteiger partial charge in [0.1, 0.15) is 24.0 Å². The Morgan fingerprint density at radius 1 is 0.971 bits per heavy atom. The van der Waals surface area contributed by atoms with Gasteiger partial charge in [0.05, 0.1) is 5.92 Å². The number of piperidine rings is 1. The van der Waals surface area contributed by atoms with Crippen molar-refractivity contribution in [3.63, 3.8) is 0 Å². The first-order chi connectivity index (χ1) is 16.6. The highest BCUT2D eigenvalue weighted by atomic mass is 32.2. The number of benzene rings is 2. The van der Waals surface area contributed by atoms with E-state index in [2.05, 4.69) is 53.2 Å². The zero-order valence-corrected chi connectivity index (χ0v) is 20.5. The monoisotopic (exact) mass is 477 g/mol. The van der Waals surface area contributed by atoms with Gasteiger partial charge in [-0.25, -0.2) is 0 Å². The predicted molar refractivity (Wildman–Crippen MR) is 135 cm³/mol. The third-order valence-electron chi connectivity index (χ3n) is 5.89. The number of ether oxygens (including phenoxy) is 2. The number of para-hydroxylation sites is 1. The first-order valence-corrected chi connectivity index (χ1v) is 12.6. The highest BCUT2D eigenvalue weighted by Crippen LogP contribution is 2.29. The van der Waals surface area contributed by atoms with E-state index in [1.807, 2.05) is 42.5 Å². The van der Waals surface area contributed by atoms with Crippen molar-refractivity contribution >= 4 is 23.5 Å². The van der Waals surface area contributed by atoms with Crippen LogP contribution in [0.3, 0.4) is 0 Å². The van der Waals surface area contributed by atoms with Crippen LogP contribution in [0.1, 0.15) is 38.2 Å². The summed E-state index contributed by atoms with van der Waals surface area (Å²) in [5.74, 6) is 1.93. The largest absolute Gasteiger partial charge is 0.490 e. The van der Waals surface area contributed by atoms with Crippen molar-refractivity contribution in [3.8, 4) is 5.75 Å². The molecule has 0 amide bonds. The lowest BCUT2D eigenvalue weighted by Crippen LogP contribution is -2.37. The number of aromatic nitrogens is 2. The van der Waals surface area contributed by atoms with Crippen molar-refractivity contribution in [3.05, 3.63) is 72.3 Å². The summed E-state index contributed by atoms with van der Waals surface area (Å²) < 4.78 is 11.0. The van der Waals surface area contributed by atoms with Crippen LogP contribution in [-0.4, -0.2) is 42.5 Å². The topological polar surface area (TPSA) is 64.6 Å². The fourth-order valence-electron chi connectivity index (χ4n) is 3.86. The Hall–Kier alpha value is -3.06. The van der Waals surface area contributed by atoms with E-state index in [0.29, 0.717) is 12.5 Å². The number of hydrogen-bond donors (Lipinski definition) is 0. The van der Waals surface area contributed by atoms with Gasteiger partial charge < -0.3 is 14.4 Å². The quantitative estimate of drug-likeness (QED) is 0.294. The molecule has 3 aromatic rings. The van der Waals surface area contributed by atoms with Crippen LogP contribution in [0.2, 0.25) is 0 Å². The van der Waals surface area contributed by atoms with Gasteiger partial charge in [-0.2, -0.15) is 0 Å². The SMILES string of the molecule is CC(C)c1ccc(Sc2ccc(N3CCC(C(=O)OCCOc4ccccc4)CC3)nn2)cc1. The number of carbonyl (C=O) groups is 1. The number of hydrogen-bond acceptors (Lipinski definition) is 7. The zero-order chi connectivity index (χ0) is 23.8. The molecule has 34 heavy (non-hydrogen) atoms. The van der Waals surface area contributed by atoms with E-state index in [9.17, 15) is 4.79 Å². The summed E-state index contributed by atoms with van der Waals surface area (Å²) in [5.41, 5.74) is 1.33. The number of esters is 1. The fourth-order valence-corrected chi connectivity index (χ4v) is 4.59. The van der Waals surface area contributed by atoms with Crippen molar-refractivity contribution in [2.24, 2.45) is 5.92 Å². The second-order valence-corrected chi connectivity index (χ2v) is 9.74. The maximum absolute atomic E-state index is 12.4. The molecule has 0 unspecified atom stereocenters. The minimum atomic E-state index is -0.141. The number of rotatable bonds is 9. The molecule has 0 radical (unpaired) electrons. The van der Waals surface area contributed by atoms with Crippen LogP contribution >= 0.6 is 11.8 Å². The first-order valence-electron chi connectivity index (χ1n) is 11.8. The van der Waals surface area contributed by atoms with E-state index in [1.165, 1.54) is 5.56 Å². The molecule has 1 aliphatic rings. The molecule has 0 saturated carbocycles. The van der Waals surface area contributed by atoms with Crippen LogP contribution in [0.15, 0.2) is 76.7 Å². The molecule has 0 atom stereocenters. The Morgan fingerprint density at radius 2 is 1.71 bits per heavy atom. The highest BCUT2D eigenvalue weighted by molar-refractivity contribution is 7.99. The van der Waals surface area contributed by atoms with E-state index in [0.717, 1.165) is 47.4 Å². The lowest BCUT2D eigenvalue weighted by atomic mass is 9.97. The highest BCUT2D eigenvalue weighted by Gasteiger charge is 2.27. The van der Waals surface area contributed by atoms with E-state index < -0.39 is 0 Å². The van der Waals surface area contributed by atoms with E-state index in [1.54, 1.807) is 11.8 Å². The molecule has 6 nitrogen and oxygen atoms in total. The number of anilines is 1. The second-order valence-electron chi connectivity index (χ2n) is 8.65. The van der Waals surface area contributed by atoms with Crippen molar-refractivity contribution in [1.29, 1.82) is 0 Å². The van der Waals surface area contributed by atoms with Gasteiger partial charge in [0.2, 0.25) is 0 Å². The number of nitrogens with zero attached hydrogens (tertiary/aromatic N) is 3. The fraction of sp³-hybridized carbons (Fsp3) is 0.370. The van der Waals surface area contributed by atoms with Crippen LogP contribution < -0.4 is 9.64 Å². The molecule has 1 fully saturated rings. The molecule has 1 saturated heterocycles. The Morgan fingerprint density at radius 3 is 2.35 bits per heavy atom.